The SMILES string of the molecule is O=C(OCc1ccccc1)N1CCNC(CN(c2cccnc2Cl)S(=O)O)C1. The van der Waals surface area contributed by atoms with E-state index < -0.39 is 17.4 Å². The molecule has 2 N–H and O–H groups in total. The van der Waals surface area contributed by atoms with Crippen LogP contribution in [0.25, 0.3) is 0 Å². The molecule has 0 spiro atoms. The normalized spacial score (nSPS) is 17.8. The van der Waals surface area contributed by atoms with Crippen molar-refractivity contribution < 1.29 is 18.3 Å². The number of halogens is 1. The maximum atomic E-state index is 12.4. The minimum Gasteiger partial charge on any atom is -0.445 e. The molecule has 10 heteroatoms. The Balaban J connectivity index is 1.59. The Hall–Kier alpha value is -2.20. The summed E-state index contributed by atoms with van der Waals surface area (Å²) in [5.74, 6) is 0. The third-order valence-electron chi connectivity index (χ3n) is 4.30. The Morgan fingerprint density at radius 1 is 1.36 bits per heavy atom. The second-order valence-electron chi connectivity index (χ2n) is 6.24. The molecule has 1 aliphatic heterocycles. The molecule has 3 rings (SSSR count). The van der Waals surface area contributed by atoms with Crippen molar-refractivity contribution >= 4 is 34.6 Å². The first-order valence-corrected chi connectivity index (χ1v) is 10.2. The number of rotatable bonds is 6. The molecule has 0 bridgehead atoms. The summed E-state index contributed by atoms with van der Waals surface area (Å²) in [7, 11) is 0. The number of carbonyl (C=O) groups excluding carboxylic acids is 1. The summed E-state index contributed by atoms with van der Waals surface area (Å²) in [6, 6.07) is 12.5. The van der Waals surface area contributed by atoms with Gasteiger partial charge in [0, 0.05) is 31.9 Å². The van der Waals surface area contributed by atoms with E-state index in [1.54, 1.807) is 17.0 Å². The molecule has 1 fully saturated rings. The van der Waals surface area contributed by atoms with E-state index in [4.69, 9.17) is 16.3 Å². The average Bonchev–Trinajstić information content (AvgIpc) is 2.72. The number of piperazine rings is 1. The van der Waals surface area contributed by atoms with Gasteiger partial charge >= 0.3 is 6.09 Å². The van der Waals surface area contributed by atoms with E-state index in [1.807, 2.05) is 30.3 Å². The van der Waals surface area contributed by atoms with E-state index in [-0.39, 0.29) is 24.3 Å². The van der Waals surface area contributed by atoms with E-state index >= 15 is 0 Å². The number of carbonyl (C=O) groups is 1. The molecule has 1 aliphatic rings. The summed E-state index contributed by atoms with van der Waals surface area (Å²) in [6.07, 6.45) is 1.10. The van der Waals surface area contributed by atoms with Crippen LogP contribution in [0.2, 0.25) is 5.15 Å². The van der Waals surface area contributed by atoms with Gasteiger partial charge in [-0.15, -0.1) is 0 Å². The number of aromatic nitrogens is 1. The average molecular weight is 425 g/mol. The van der Waals surface area contributed by atoms with Crippen molar-refractivity contribution in [3.05, 3.63) is 59.4 Å². The van der Waals surface area contributed by atoms with Crippen molar-refractivity contribution in [2.24, 2.45) is 0 Å². The van der Waals surface area contributed by atoms with Gasteiger partial charge in [0.05, 0.1) is 12.2 Å². The molecule has 8 nitrogen and oxygen atoms in total. The Labute approximate surface area is 170 Å². The molecular weight excluding hydrogens is 404 g/mol. The smallest absolute Gasteiger partial charge is 0.410 e. The summed E-state index contributed by atoms with van der Waals surface area (Å²) in [6.45, 7) is 1.78. The molecule has 0 radical (unpaired) electrons. The predicted octanol–water partition coefficient (Wildman–Crippen LogP) is 2.29. The maximum Gasteiger partial charge on any atom is 0.410 e. The first-order chi connectivity index (χ1) is 13.5. The number of hydrogen-bond acceptors (Lipinski definition) is 5. The number of anilines is 1. The largest absolute Gasteiger partial charge is 0.445 e. The van der Waals surface area contributed by atoms with E-state index in [0.29, 0.717) is 25.3 Å². The second-order valence-corrected chi connectivity index (χ2v) is 7.50. The van der Waals surface area contributed by atoms with Crippen molar-refractivity contribution in [2.45, 2.75) is 12.6 Å². The van der Waals surface area contributed by atoms with Crippen LogP contribution < -0.4 is 9.62 Å². The number of nitrogens with one attached hydrogen (secondary N) is 1. The maximum absolute atomic E-state index is 12.4. The lowest BCUT2D eigenvalue weighted by Crippen LogP contribution is -2.56. The lowest BCUT2D eigenvalue weighted by molar-refractivity contribution is 0.0856. The summed E-state index contributed by atoms with van der Waals surface area (Å²) < 4.78 is 28.1. The van der Waals surface area contributed by atoms with Crippen LogP contribution >= 0.6 is 11.6 Å². The van der Waals surface area contributed by atoms with Crippen molar-refractivity contribution in [1.82, 2.24) is 15.2 Å². The molecule has 150 valence electrons. The van der Waals surface area contributed by atoms with E-state index in [2.05, 4.69) is 10.3 Å². The fourth-order valence-electron chi connectivity index (χ4n) is 2.93. The van der Waals surface area contributed by atoms with Gasteiger partial charge in [-0.2, -0.15) is 0 Å². The highest BCUT2D eigenvalue weighted by atomic mass is 35.5. The van der Waals surface area contributed by atoms with Gasteiger partial charge < -0.3 is 15.0 Å². The molecule has 2 atom stereocenters. The summed E-state index contributed by atoms with van der Waals surface area (Å²) in [4.78, 5) is 17.9. The number of ether oxygens (including phenoxy) is 1. The van der Waals surface area contributed by atoms with Gasteiger partial charge in [-0.1, -0.05) is 41.9 Å². The van der Waals surface area contributed by atoms with Crippen molar-refractivity contribution in [3.8, 4) is 0 Å². The minimum absolute atomic E-state index is 0.139. The number of benzene rings is 1. The number of hydrogen-bond donors (Lipinski definition) is 2. The first kappa shape index (κ1) is 20.5. The van der Waals surface area contributed by atoms with Crippen LogP contribution in [0.3, 0.4) is 0 Å². The topological polar surface area (TPSA) is 95.0 Å². The van der Waals surface area contributed by atoms with Gasteiger partial charge in [-0.3, -0.25) is 8.86 Å². The highest BCUT2D eigenvalue weighted by molar-refractivity contribution is 7.80. The molecule has 2 unspecified atom stereocenters. The third kappa shape index (κ3) is 5.41. The molecule has 0 aliphatic carbocycles. The molecule has 2 heterocycles. The zero-order valence-electron chi connectivity index (χ0n) is 15.0. The molecule has 1 amide bonds. The standard InChI is InChI=1S/C18H21ClN4O4S/c19-17-16(7-4-8-21-17)23(28(25)26)12-15-11-22(10-9-20-15)18(24)27-13-14-5-2-1-3-6-14/h1-8,15,20H,9-13H2,(H,25,26). The Bertz CT molecular complexity index is 826. The molecule has 28 heavy (non-hydrogen) atoms. The van der Waals surface area contributed by atoms with Crippen LogP contribution in [0.15, 0.2) is 48.7 Å². The Morgan fingerprint density at radius 3 is 2.86 bits per heavy atom. The van der Waals surface area contributed by atoms with Crippen LogP contribution in [-0.2, 0) is 22.6 Å². The molecule has 0 saturated carbocycles. The van der Waals surface area contributed by atoms with Crippen LogP contribution in [0.1, 0.15) is 5.56 Å². The molecule has 1 aromatic heterocycles. The van der Waals surface area contributed by atoms with E-state index in [9.17, 15) is 13.6 Å². The Kier molecular flexibility index (Phi) is 7.21. The zero-order valence-corrected chi connectivity index (χ0v) is 16.6. The second kappa shape index (κ2) is 9.83. The monoisotopic (exact) mass is 424 g/mol. The quantitative estimate of drug-likeness (QED) is 0.545. The molecule has 2 aromatic rings. The lowest BCUT2D eigenvalue weighted by atomic mass is 10.2. The molecule has 1 saturated heterocycles. The van der Waals surface area contributed by atoms with Crippen molar-refractivity contribution in [2.75, 3.05) is 30.5 Å². The first-order valence-electron chi connectivity index (χ1n) is 8.72. The van der Waals surface area contributed by atoms with E-state index in [0.717, 1.165) is 5.56 Å². The van der Waals surface area contributed by atoms with Gasteiger partial charge in [-0.25, -0.2) is 14.0 Å². The van der Waals surface area contributed by atoms with Gasteiger partial charge in [-0.05, 0) is 17.7 Å². The number of pyridine rings is 1. The van der Waals surface area contributed by atoms with Crippen LogP contribution in [0, 0.1) is 0 Å². The van der Waals surface area contributed by atoms with Crippen LogP contribution in [0.4, 0.5) is 10.5 Å². The fraction of sp³-hybridized carbons (Fsp3) is 0.333. The summed E-state index contributed by atoms with van der Waals surface area (Å²) in [5.41, 5.74) is 1.27. The minimum atomic E-state index is -2.28. The van der Waals surface area contributed by atoms with Gasteiger partial charge in [0.1, 0.15) is 6.61 Å². The highest BCUT2D eigenvalue weighted by Gasteiger charge is 2.28. The molecular formula is C18H21ClN4O4S. The van der Waals surface area contributed by atoms with Crippen LogP contribution in [-0.4, -0.2) is 57.0 Å². The van der Waals surface area contributed by atoms with E-state index in [1.165, 1.54) is 10.5 Å². The summed E-state index contributed by atoms with van der Waals surface area (Å²) >= 11 is 3.77. The van der Waals surface area contributed by atoms with Gasteiger partial charge in [0.2, 0.25) is 0 Å². The lowest BCUT2D eigenvalue weighted by Gasteiger charge is -2.35. The number of nitrogens with zero attached hydrogens (tertiary/aromatic N) is 3. The predicted molar refractivity (Wildman–Crippen MR) is 107 cm³/mol. The fourth-order valence-corrected chi connectivity index (χ4v) is 3.83. The number of amides is 1. The van der Waals surface area contributed by atoms with Crippen molar-refractivity contribution in [3.63, 3.8) is 0 Å². The highest BCUT2D eigenvalue weighted by Crippen LogP contribution is 2.24. The Morgan fingerprint density at radius 2 is 2.14 bits per heavy atom. The third-order valence-corrected chi connectivity index (χ3v) is 5.32. The van der Waals surface area contributed by atoms with Crippen LogP contribution in [0.5, 0.6) is 0 Å². The summed E-state index contributed by atoms with van der Waals surface area (Å²) in [5, 5.41) is 3.39. The molecule has 1 aromatic carbocycles. The van der Waals surface area contributed by atoms with Gasteiger partial charge in [0.25, 0.3) is 11.3 Å². The van der Waals surface area contributed by atoms with Gasteiger partial charge in [0.15, 0.2) is 5.15 Å². The zero-order chi connectivity index (χ0) is 19.9. The van der Waals surface area contributed by atoms with Crippen molar-refractivity contribution in [1.29, 1.82) is 0 Å².